The van der Waals surface area contributed by atoms with E-state index < -0.39 is 5.97 Å². The van der Waals surface area contributed by atoms with Crippen LogP contribution in [-0.4, -0.2) is 35.3 Å². The summed E-state index contributed by atoms with van der Waals surface area (Å²) >= 11 is 0. The summed E-state index contributed by atoms with van der Waals surface area (Å²) < 4.78 is 5.19. The monoisotopic (exact) mass is 236 g/mol. The van der Waals surface area contributed by atoms with Crippen molar-refractivity contribution in [1.82, 2.24) is 4.98 Å². The molecular weight excluding hydrogens is 220 g/mol. The van der Waals surface area contributed by atoms with Gasteiger partial charge in [-0.05, 0) is 31.9 Å². The van der Waals surface area contributed by atoms with Crippen LogP contribution in [0.15, 0.2) is 12.1 Å². The fourth-order valence-electron chi connectivity index (χ4n) is 1.95. The first-order valence-corrected chi connectivity index (χ1v) is 5.60. The molecule has 1 fully saturated rings. The topological polar surface area (TPSA) is 71.5 Å². The van der Waals surface area contributed by atoms with Gasteiger partial charge in [0, 0.05) is 13.2 Å². The number of nitrogens with one attached hydrogen (secondary N) is 1. The van der Waals surface area contributed by atoms with Gasteiger partial charge in [-0.3, -0.25) is 0 Å². The van der Waals surface area contributed by atoms with Crippen molar-refractivity contribution >= 4 is 11.8 Å². The predicted octanol–water partition coefficient (Wildman–Crippen LogP) is 1.68. The fourth-order valence-corrected chi connectivity index (χ4v) is 1.95. The van der Waals surface area contributed by atoms with E-state index in [9.17, 15) is 4.79 Å². The molecule has 1 aliphatic rings. The largest absolute Gasteiger partial charge is 0.478 e. The van der Waals surface area contributed by atoms with Crippen LogP contribution in [0.25, 0.3) is 0 Å². The van der Waals surface area contributed by atoms with Crippen LogP contribution in [0.5, 0.6) is 0 Å². The van der Waals surface area contributed by atoms with Crippen LogP contribution in [0.1, 0.15) is 28.9 Å². The van der Waals surface area contributed by atoms with Gasteiger partial charge in [-0.15, -0.1) is 0 Å². The average molecular weight is 236 g/mol. The van der Waals surface area contributed by atoms with Gasteiger partial charge in [-0.25, -0.2) is 9.78 Å². The molecule has 0 radical (unpaired) electrons. The molecule has 0 bridgehead atoms. The van der Waals surface area contributed by atoms with Crippen molar-refractivity contribution in [1.29, 1.82) is 0 Å². The number of ether oxygens (including phenoxy) is 1. The number of carboxylic acid groups (broad SMARTS) is 1. The number of aromatic carboxylic acids is 1. The Bertz CT molecular complexity index is 428. The van der Waals surface area contributed by atoms with Crippen molar-refractivity contribution in [2.24, 2.45) is 0 Å². The van der Waals surface area contributed by atoms with E-state index in [0.29, 0.717) is 17.8 Å². The molecule has 0 amide bonds. The molecule has 92 valence electrons. The highest BCUT2D eigenvalue weighted by Crippen LogP contribution is 2.25. The number of nitrogens with zero attached hydrogens (tertiary/aromatic N) is 1. The molecule has 5 nitrogen and oxygen atoms in total. The van der Waals surface area contributed by atoms with Crippen LogP contribution in [0.3, 0.4) is 0 Å². The molecule has 2 N–H and O–H groups in total. The first kappa shape index (κ1) is 11.9. The van der Waals surface area contributed by atoms with E-state index in [4.69, 9.17) is 9.84 Å². The molecule has 0 unspecified atom stereocenters. The number of aryl methyl sites for hydroxylation is 1. The molecule has 0 spiro atoms. The number of pyridine rings is 1. The van der Waals surface area contributed by atoms with Gasteiger partial charge in [-0.1, -0.05) is 0 Å². The molecule has 5 heteroatoms. The second-order valence-corrected chi connectivity index (χ2v) is 4.30. The lowest BCUT2D eigenvalue weighted by atomic mass is 9.89. The van der Waals surface area contributed by atoms with E-state index in [2.05, 4.69) is 10.3 Å². The predicted molar refractivity (Wildman–Crippen MR) is 63.4 cm³/mol. The number of hydrogen-bond acceptors (Lipinski definition) is 4. The van der Waals surface area contributed by atoms with E-state index in [-0.39, 0.29) is 5.56 Å². The normalized spacial score (nSPS) is 22.9. The Labute approximate surface area is 99.8 Å². The summed E-state index contributed by atoms with van der Waals surface area (Å²) in [6.45, 7) is 1.70. The average Bonchev–Trinajstić information content (AvgIpc) is 2.22. The van der Waals surface area contributed by atoms with E-state index in [1.165, 1.54) is 0 Å². The standard InChI is InChI=1S/C12H16N2O3/c1-7-10(12(15)16)3-4-11(13-7)14-8-5-9(6-8)17-2/h3-4,8-9H,5-6H2,1-2H3,(H,13,14)(H,15,16). The zero-order chi connectivity index (χ0) is 12.4. The Morgan fingerprint density at radius 1 is 1.53 bits per heavy atom. The number of carboxylic acids is 1. The lowest BCUT2D eigenvalue weighted by Gasteiger charge is -2.34. The Morgan fingerprint density at radius 3 is 2.76 bits per heavy atom. The number of methoxy groups -OCH3 is 1. The smallest absolute Gasteiger partial charge is 0.337 e. The van der Waals surface area contributed by atoms with Gasteiger partial charge in [0.1, 0.15) is 5.82 Å². The molecule has 1 aromatic rings. The molecule has 1 aliphatic carbocycles. The fraction of sp³-hybridized carbons (Fsp3) is 0.500. The van der Waals surface area contributed by atoms with Crippen LogP contribution in [0.2, 0.25) is 0 Å². The highest BCUT2D eigenvalue weighted by atomic mass is 16.5. The van der Waals surface area contributed by atoms with Crippen molar-refractivity contribution in [3.8, 4) is 0 Å². The number of anilines is 1. The number of aromatic nitrogens is 1. The highest BCUT2D eigenvalue weighted by molar-refractivity contribution is 5.89. The Hall–Kier alpha value is -1.62. The molecule has 2 rings (SSSR count). The molecule has 0 atom stereocenters. The molecular formula is C12H16N2O3. The van der Waals surface area contributed by atoms with Gasteiger partial charge in [0.05, 0.1) is 17.4 Å². The SMILES string of the molecule is COC1CC(Nc2ccc(C(=O)O)c(C)n2)C1. The van der Waals surface area contributed by atoms with Crippen LogP contribution in [0.4, 0.5) is 5.82 Å². The maximum Gasteiger partial charge on any atom is 0.337 e. The van der Waals surface area contributed by atoms with E-state index in [1.54, 1.807) is 26.2 Å². The van der Waals surface area contributed by atoms with E-state index in [0.717, 1.165) is 18.7 Å². The molecule has 1 aromatic heterocycles. The summed E-state index contributed by atoms with van der Waals surface area (Å²) in [5, 5.41) is 12.2. The minimum atomic E-state index is -0.940. The summed E-state index contributed by atoms with van der Waals surface area (Å²) in [5.41, 5.74) is 0.782. The van der Waals surface area contributed by atoms with Gasteiger partial charge < -0.3 is 15.2 Å². The second kappa shape index (κ2) is 4.71. The van der Waals surface area contributed by atoms with Crippen LogP contribution < -0.4 is 5.32 Å². The van der Waals surface area contributed by atoms with Crippen LogP contribution >= 0.6 is 0 Å². The first-order valence-electron chi connectivity index (χ1n) is 5.60. The van der Waals surface area contributed by atoms with Gasteiger partial charge in [0.15, 0.2) is 0 Å². The zero-order valence-corrected chi connectivity index (χ0v) is 9.93. The van der Waals surface area contributed by atoms with Crippen molar-refractivity contribution in [3.05, 3.63) is 23.4 Å². The quantitative estimate of drug-likeness (QED) is 0.832. The third kappa shape index (κ3) is 2.55. The second-order valence-electron chi connectivity index (χ2n) is 4.30. The lowest BCUT2D eigenvalue weighted by Crippen LogP contribution is -2.40. The minimum Gasteiger partial charge on any atom is -0.478 e. The van der Waals surface area contributed by atoms with Crippen molar-refractivity contribution in [3.63, 3.8) is 0 Å². The molecule has 0 aliphatic heterocycles. The molecule has 17 heavy (non-hydrogen) atoms. The zero-order valence-electron chi connectivity index (χ0n) is 9.93. The Balaban J connectivity index is 1.99. The van der Waals surface area contributed by atoms with Gasteiger partial charge in [-0.2, -0.15) is 0 Å². The third-order valence-corrected chi connectivity index (χ3v) is 3.10. The van der Waals surface area contributed by atoms with Crippen molar-refractivity contribution in [2.45, 2.75) is 31.9 Å². The van der Waals surface area contributed by atoms with Gasteiger partial charge in [0.25, 0.3) is 0 Å². The number of carbonyl (C=O) groups is 1. The van der Waals surface area contributed by atoms with E-state index in [1.807, 2.05) is 0 Å². The maximum absolute atomic E-state index is 10.8. The van der Waals surface area contributed by atoms with Crippen LogP contribution in [0, 0.1) is 6.92 Å². The molecule has 0 aromatic carbocycles. The molecule has 1 heterocycles. The number of rotatable bonds is 4. The lowest BCUT2D eigenvalue weighted by molar-refractivity contribution is 0.0328. The summed E-state index contributed by atoms with van der Waals surface area (Å²) in [4.78, 5) is 15.1. The summed E-state index contributed by atoms with van der Waals surface area (Å²) in [5.74, 6) is -0.211. The number of hydrogen-bond donors (Lipinski definition) is 2. The molecule has 1 saturated carbocycles. The van der Waals surface area contributed by atoms with Crippen LogP contribution in [-0.2, 0) is 4.74 Å². The first-order chi connectivity index (χ1) is 8.10. The molecule has 0 saturated heterocycles. The minimum absolute atomic E-state index is 0.249. The van der Waals surface area contributed by atoms with Gasteiger partial charge >= 0.3 is 5.97 Å². The Morgan fingerprint density at radius 2 is 2.24 bits per heavy atom. The Kier molecular flexibility index (Phi) is 3.28. The maximum atomic E-state index is 10.8. The summed E-state index contributed by atoms with van der Waals surface area (Å²) in [6.07, 6.45) is 2.28. The van der Waals surface area contributed by atoms with Crippen molar-refractivity contribution in [2.75, 3.05) is 12.4 Å². The summed E-state index contributed by atoms with van der Waals surface area (Å²) in [7, 11) is 1.71. The van der Waals surface area contributed by atoms with Crippen molar-refractivity contribution < 1.29 is 14.6 Å². The van der Waals surface area contributed by atoms with Gasteiger partial charge in [0.2, 0.25) is 0 Å². The third-order valence-electron chi connectivity index (χ3n) is 3.10. The summed E-state index contributed by atoms with van der Waals surface area (Å²) in [6, 6.07) is 3.67. The van der Waals surface area contributed by atoms with E-state index >= 15 is 0 Å². The highest BCUT2D eigenvalue weighted by Gasteiger charge is 2.29.